The van der Waals surface area contributed by atoms with Crippen LogP contribution in [0.5, 0.6) is 5.75 Å². The molecule has 0 radical (unpaired) electrons. The van der Waals surface area contributed by atoms with Gasteiger partial charge in [0.25, 0.3) is 5.91 Å². The van der Waals surface area contributed by atoms with Crippen LogP contribution in [0.1, 0.15) is 61.1 Å². The zero-order chi connectivity index (χ0) is 41.3. The maximum atomic E-state index is 14.3. The van der Waals surface area contributed by atoms with Crippen LogP contribution in [0, 0.1) is 12.3 Å². The molecule has 2 aliphatic rings. The van der Waals surface area contributed by atoms with Gasteiger partial charge in [-0.1, -0.05) is 57.2 Å². The van der Waals surface area contributed by atoms with Gasteiger partial charge >= 0.3 is 0 Å². The lowest BCUT2D eigenvalue weighted by atomic mass is 9.85. The van der Waals surface area contributed by atoms with Crippen molar-refractivity contribution in [1.82, 2.24) is 30.7 Å². The molecule has 3 amide bonds. The quantitative estimate of drug-likeness (QED) is 0.124. The molecule has 2 fully saturated rings. The molecule has 3 aromatic heterocycles. The number of piperazine rings is 1. The molecule has 0 bridgehead atoms. The summed E-state index contributed by atoms with van der Waals surface area (Å²) in [6.45, 7) is 12.1. The Bertz CT molecular complexity index is 2280. The summed E-state index contributed by atoms with van der Waals surface area (Å²) in [5, 5.41) is 36.3. The van der Waals surface area contributed by atoms with Crippen LogP contribution >= 0.6 is 22.7 Å². The first kappa shape index (κ1) is 40.6. The molecule has 304 valence electrons. The molecule has 58 heavy (non-hydrogen) atoms. The molecule has 14 nitrogen and oxygen atoms in total. The van der Waals surface area contributed by atoms with E-state index in [0.717, 1.165) is 32.4 Å². The smallest absolute Gasteiger partial charge is 0.262 e. The summed E-state index contributed by atoms with van der Waals surface area (Å²) in [6.07, 6.45) is -0.776. The number of carbonyl (C=O) groups is 3. The monoisotopic (exact) mass is 823 g/mol. The number of nitrogen functional groups attached to an aromatic ring is 1. The van der Waals surface area contributed by atoms with Crippen LogP contribution in [0.3, 0.4) is 0 Å². The van der Waals surface area contributed by atoms with Crippen LogP contribution in [0.15, 0.2) is 72.2 Å². The number of benzene rings is 2. The number of phenolic OH excluding ortho intramolecular Hbond substituents is 1. The number of nitrogens with one attached hydrogen (secondary N) is 2. The van der Waals surface area contributed by atoms with E-state index < -0.39 is 29.5 Å². The second-order valence-electron chi connectivity index (χ2n) is 15.9. The summed E-state index contributed by atoms with van der Waals surface area (Å²) in [5.74, 6) is -0.749. The van der Waals surface area contributed by atoms with Gasteiger partial charge in [-0.3, -0.25) is 14.4 Å². The van der Waals surface area contributed by atoms with Gasteiger partial charge in [-0.05, 0) is 60.7 Å². The number of para-hydroxylation sites is 1. The summed E-state index contributed by atoms with van der Waals surface area (Å²) in [6, 6.07) is 18.2. The molecule has 16 heteroatoms. The van der Waals surface area contributed by atoms with Crippen molar-refractivity contribution in [2.45, 2.75) is 65.3 Å². The van der Waals surface area contributed by atoms with Gasteiger partial charge in [-0.25, -0.2) is 4.98 Å². The van der Waals surface area contributed by atoms with Crippen molar-refractivity contribution in [3.05, 3.63) is 88.4 Å². The van der Waals surface area contributed by atoms with Crippen LogP contribution in [0.2, 0.25) is 0 Å². The number of thiazole rings is 1. The number of likely N-dealkylation sites (tertiary alicyclic amines) is 1. The third kappa shape index (κ3) is 8.63. The number of hydrogen-bond acceptors (Lipinski definition) is 13. The molecule has 0 saturated carbocycles. The van der Waals surface area contributed by atoms with Crippen molar-refractivity contribution in [3.8, 4) is 27.4 Å². The van der Waals surface area contributed by atoms with Crippen LogP contribution in [0.25, 0.3) is 21.7 Å². The molecule has 4 atom stereocenters. The SMILES string of the molecule is Cc1ncsc1-c1ccc(C(C)NC(=O)[C@@H]2C[C@@H](O)CN2C(=O)C(NC(=O)c2ccc(N3CCN(c4cc(-c5ccccc5O)nnc4N)CC3)s2)C(C)(C)C)cc1. The summed E-state index contributed by atoms with van der Waals surface area (Å²) in [7, 11) is 0. The van der Waals surface area contributed by atoms with Gasteiger partial charge in [0.1, 0.15) is 17.8 Å². The molecule has 2 saturated heterocycles. The molecule has 0 spiro atoms. The molecule has 5 heterocycles. The number of hydrogen-bond donors (Lipinski definition) is 5. The van der Waals surface area contributed by atoms with Gasteiger partial charge in [0, 0.05) is 44.7 Å². The van der Waals surface area contributed by atoms with Crippen molar-refractivity contribution in [2.75, 3.05) is 48.3 Å². The third-order valence-electron chi connectivity index (χ3n) is 10.8. The molecular formula is C42H49N9O5S2. The van der Waals surface area contributed by atoms with Crippen molar-refractivity contribution in [2.24, 2.45) is 5.41 Å². The predicted octanol–water partition coefficient (Wildman–Crippen LogP) is 5.24. The molecule has 2 aromatic carbocycles. The molecular weight excluding hydrogens is 775 g/mol. The zero-order valence-corrected chi connectivity index (χ0v) is 34.8. The Kier molecular flexibility index (Phi) is 11.7. The maximum absolute atomic E-state index is 14.3. The van der Waals surface area contributed by atoms with Gasteiger partial charge < -0.3 is 41.3 Å². The summed E-state index contributed by atoms with van der Waals surface area (Å²) >= 11 is 2.92. The number of aliphatic hydroxyl groups excluding tert-OH is 1. The third-order valence-corrected chi connectivity index (χ3v) is 12.9. The van der Waals surface area contributed by atoms with Gasteiger partial charge in [-0.15, -0.1) is 32.9 Å². The normalized spacial score (nSPS) is 18.2. The fourth-order valence-electron chi connectivity index (χ4n) is 7.47. The minimum absolute atomic E-state index is 0.0109. The highest BCUT2D eigenvalue weighted by atomic mass is 32.1. The number of carbonyl (C=O) groups excluding carboxylic acids is 3. The highest BCUT2D eigenvalue weighted by Gasteiger charge is 2.45. The Morgan fingerprint density at radius 1 is 0.948 bits per heavy atom. The van der Waals surface area contributed by atoms with Gasteiger partial charge in [0.05, 0.1) is 49.5 Å². The minimum Gasteiger partial charge on any atom is -0.507 e. The average Bonchev–Trinajstić information content (AvgIpc) is 3.97. The number of phenols is 1. The van der Waals surface area contributed by atoms with Crippen LogP contribution in [-0.4, -0.2) is 98.9 Å². The second-order valence-corrected chi connectivity index (χ2v) is 17.8. The van der Waals surface area contributed by atoms with Gasteiger partial charge in [-0.2, -0.15) is 0 Å². The van der Waals surface area contributed by atoms with E-state index in [0.29, 0.717) is 48.1 Å². The Morgan fingerprint density at radius 3 is 2.33 bits per heavy atom. The molecule has 2 unspecified atom stereocenters. The summed E-state index contributed by atoms with van der Waals surface area (Å²) < 4.78 is 0. The maximum Gasteiger partial charge on any atom is 0.262 e. The first-order valence-corrected chi connectivity index (χ1v) is 21.0. The molecule has 2 aliphatic heterocycles. The molecule has 6 N–H and O–H groups in total. The van der Waals surface area contributed by atoms with Crippen LogP contribution < -0.4 is 26.2 Å². The van der Waals surface area contributed by atoms with Crippen LogP contribution in [0.4, 0.5) is 16.5 Å². The Balaban J connectivity index is 0.979. The zero-order valence-electron chi connectivity index (χ0n) is 33.2. The van der Waals surface area contributed by atoms with Gasteiger partial charge in [0.2, 0.25) is 11.8 Å². The number of aromatic hydroxyl groups is 1. The summed E-state index contributed by atoms with van der Waals surface area (Å²) in [4.78, 5) is 53.4. The lowest BCUT2D eigenvalue weighted by molar-refractivity contribution is -0.142. The second kappa shape index (κ2) is 16.7. The molecule has 7 rings (SSSR count). The standard InChI is InChI=1S/C42H49N9O5S2/c1-24(26-10-12-27(13-11-26)36-25(2)44-23-57-36)45-39(54)32-20-28(52)22-51(32)41(56)37(42(3,4)5)46-40(55)34-14-15-35(58-34)50-18-16-49(17-19-50)31-21-30(47-48-38(31)43)29-8-6-7-9-33(29)53/h6-15,21,23-24,28,32,37,52-53H,16-20,22H2,1-5H3,(H2,43,48)(H,45,54)(H,46,55)/t24?,28-,32+,37?/m1/s1. The number of rotatable bonds is 10. The van der Waals surface area contributed by atoms with E-state index in [9.17, 15) is 24.6 Å². The van der Waals surface area contributed by atoms with E-state index in [1.807, 2.05) is 82.6 Å². The fraction of sp³-hybridized carbons (Fsp3) is 0.381. The number of aromatic nitrogens is 3. The number of amides is 3. The largest absolute Gasteiger partial charge is 0.507 e. The van der Waals surface area contributed by atoms with E-state index in [-0.39, 0.29) is 36.6 Å². The summed E-state index contributed by atoms with van der Waals surface area (Å²) in [5.41, 5.74) is 12.1. The topological polar surface area (TPSA) is 190 Å². The average molecular weight is 824 g/mol. The van der Waals surface area contributed by atoms with Crippen molar-refractivity contribution < 1.29 is 24.6 Å². The minimum atomic E-state index is -0.961. The predicted molar refractivity (Wildman–Crippen MR) is 228 cm³/mol. The number of nitrogens with two attached hydrogens (primary N) is 1. The van der Waals surface area contributed by atoms with E-state index in [2.05, 4.69) is 35.6 Å². The molecule has 5 aromatic rings. The van der Waals surface area contributed by atoms with E-state index in [1.165, 1.54) is 16.2 Å². The number of aliphatic hydroxyl groups is 1. The van der Waals surface area contributed by atoms with E-state index in [1.54, 1.807) is 35.6 Å². The number of anilines is 3. The van der Waals surface area contributed by atoms with E-state index >= 15 is 0 Å². The highest BCUT2D eigenvalue weighted by Crippen LogP contribution is 2.34. The number of nitrogens with zero attached hydrogens (tertiary/aromatic N) is 6. The first-order valence-electron chi connectivity index (χ1n) is 19.3. The number of thiophene rings is 1. The number of aryl methyl sites for hydroxylation is 1. The van der Waals surface area contributed by atoms with Crippen molar-refractivity contribution in [3.63, 3.8) is 0 Å². The van der Waals surface area contributed by atoms with Crippen LogP contribution in [-0.2, 0) is 9.59 Å². The highest BCUT2D eigenvalue weighted by molar-refractivity contribution is 7.18. The van der Waals surface area contributed by atoms with E-state index in [4.69, 9.17) is 5.73 Å². The van der Waals surface area contributed by atoms with Crippen molar-refractivity contribution >= 4 is 56.9 Å². The van der Waals surface area contributed by atoms with Gasteiger partial charge in [0.15, 0.2) is 5.82 Å². The lowest BCUT2D eigenvalue weighted by Crippen LogP contribution is -2.57. The Hall–Kier alpha value is -5.58. The number of β-amino-alcohol motifs (C(OH)–C–C–N with tert-alkyl or cyclic N) is 1. The first-order chi connectivity index (χ1) is 27.7. The van der Waals surface area contributed by atoms with Crippen molar-refractivity contribution in [1.29, 1.82) is 0 Å². The lowest BCUT2D eigenvalue weighted by Gasteiger charge is -2.36. The Morgan fingerprint density at radius 2 is 1.66 bits per heavy atom. The Labute approximate surface area is 345 Å². The molecule has 0 aliphatic carbocycles. The fourth-order valence-corrected chi connectivity index (χ4v) is 9.24.